The Hall–Kier alpha value is -4.95. The van der Waals surface area contributed by atoms with Crippen LogP contribution in [0.15, 0.2) is 91.0 Å². The van der Waals surface area contributed by atoms with Crippen molar-refractivity contribution in [2.45, 2.75) is 26.0 Å². The van der Waals surface area contributed by atoms with E-state index in [0.29, 0.717) is 65.2 Å². The summed E-state index contributed by atoms with van der Waals surface area (Å²) in [6, 6.07) is 27.8. The van der Waals surface area contributed by atoms with Gasteiger partial charge >= 0.3 is 0 Å². The predicted octanol–water partition coefficient (Wildman–Crippen LogP) is 7.21. The van der Waals surface area contributed by atoms with E-state index in [1.165, 1.54) is 6.07 Å². The molecule has 9 heteroatoms. The van der Waals surface area contributed by atoms with Gasteiger partial charge < -0.3 is 24.2 Å². The molecule has 0 saturated carbocycles. The van der Waals surface area contributed by atoms with Crippen molar-refractivity contribution in [1.82, 2.24) is 15.1 Å². The summed E-state index contributed by atoms with van der Waals surface area (Å²) in [5, 5.41) is 18.6. The first-order valence-electron chi connectivity index (χ1n) is 14.4. The number of phenolic OH excluding ortho intramolecular Hbond substituents is 1. The van der Waals surface area contributed by atoms with Crippen molar-refractivity contribution < 1.29 is 24.1 Å². The molecule has 44 heavy (non-hydrogen) atoms. The van der Waals surface area contributed by atoms with Gasteiger partial charge in [0.05, 0.1) is 19.8 Å². The highest BCUT2D eigenvalue weighted by Gasteiger charge is 2.42. The molecule has 224 valence electrons. The molecule has 1 atom stereocenters. The number of benzene rings is 4. The molecule has 0 fully saturated rings. The van der Waals surface area contributed by atoms with Crippen molar-refractivity contribution >= 4 is 17.5 Å². The molecule has 8 nitrogen and oxygen atoms in total. The molecule has 2 N–H and O–H groups in total. The molecular formula is C35H32ClN3O5. The summed E-state index contributed by atoms with van der Waals surface area (Å²) < 4.78 is 17.5. The molecule has 0 aliphatic carbocycles. The zero-order valence-electron chi connectivity index (χ0n) is 24.4. The number of ether oxygens (including phenoxy) is 3. The van der Waals surface area contributed by atoms with Gasteiger partial charge in [0.15, 0.2) is 11.5 Å². The Morgan fingerprint density at radius 2 is 1.73 bits per heavy atom. The van der Waals surface area contributed by atoms with Gasteiger partial charge in [0.25, 0.3) is 5.91 Å². The largest absolute Gasteiger partial charge is 0.507 e. The van der Waals surface area contributed by atoms with Gasteiger partial charge in [0, 0.05) is 22.7 Å². The minimum absolute atomic E-state index is 0.0197. The Bertz CT molecular complexity index is 1770. The lowest BCUT2D eigenvalue weighted by Crippen LogP contribution is -2.31. The number of H-pyrrole nitrogens is 1. The molecule has 6 rings (SSSR count). The standard InChI is InChI=1S/C35H32ClN3O5/c1-3-43-30-19-24(11-16-29(30)44-21-23-7-5-4-6-8-23)34-31-32(27-20-25(36)12-15-28(27)40)37-38-33(31)35(41)39(34)18-17-22-9-13-26(42-2)14-10-22/h4-16,19-20,34,40H,3,17-18,21H2,1-2H3,(H,37,38). The molecule has 0 radical (unpaired) electrons. The van der Waals surface area contributed by atoms with Gasteiger partial charge in [-0.2, -0.15) is 5.10 Å². The highest BCUT2D eigenvalue weighted by molar-refractivity contribution is 6.31. The number of hydrogen-bond donors (Lipinski definition) is 2. The van der Waals surface area contributed by atoms with Gasteiger partial charge in [-0.1, -0.05) is 60.1 Å². The van der Waals surface area contributed by atoms with E-state index in [-0.39, 0.29) is 11.7 Å². The number of phenols is 1. The zero-order chi connectivity index (χ0) is 30.6. The second-order valence-electron chi connectivity index (χ2n) is 10.4. The summed E-state index contributed by atoms with van der Waals surface area (Å²) in [5.41, 5.74) is 4.89. The van der Waals surface area contributed by atoms with Crippen LogP contribution in [0.25, 0.3) is 11.3 Å². The molecular weight excluding hydrogens is 578 g/mol. The number of methoxy groups -OCH3 is 1. The molecule has 1 aromatic heterocycles. The maximum atomic E-state index is 13.9. The maximum absolute atomic E-state index is 13.9. The number of amides is 1. The van der Waals surface area contributed by atoms with Crippen LogP contribution >= 0.6 is 11.6 Å². The van der Waals surface area contributed by atoms with Gasteiger partial charge in [-0.15, -0.1) is 0 Å². The van der Waals surface area contributed by atoms with Crippen LogP contribution in [0.4, 0.5) is 0 Å². The van der Waals surface area contributed by atoms with Crippen LogP contribution in [0.1, 0.15) is 45.7 Å². The molecule has 1 aliphatic rings. The van der Waals surface area contributed by atoms with E-state index in [1.54, 1.807) is 19.2 Å². The average molecular weight is 610 g/mol. The number of aromatic hydroxyl groups is 1. The third-order valence-electron chi connectivity index (χ3n) is 7.70. The van der Waals surface area contributed by atoms with Crippen LogP contribution in [-0.2, 0) is 13.0 Å². The van der Waals surface area contributed by atoms with Crippen molar-refractivity contribution in [2.24, 2.45) is 0 Å². The predicted molar refractivity (Wildman–Crippen MR) is 169 cm³/mol. The topological polar surface area (TPSA) is 96.9 Å². The molecule has 2 heterocycles. The van der Waals surface area contributed by atoms with Crippen molar-refractivity contribution in [3.63, 3.8) is 0 Å². The SMILES string of the molecule is CCOc1cc(C2c3c(-c4cc(Cl)ccc4O)n[nH]c3C(=O)N2CCc2ccc(OC)cc2)ccc1OCc1ccccc1. The fraction of sp³-hybridized carbons (Fsp3) is 0.200. The van der Waals surface area contributed by atoms with E-state index in [9.17, 15) is 9.90 Å². The van der Waals surface area contributed by atoms with Gasteiger partial charge in [-0.25, -0.2) is 0 Å². The quantitative estimate of drug-likeness (QED) is 0.164. The Morgan fingerprint density at radius 3 is 2.48 bits per heavy atom. The normalized spacial score (nSPS) is 14.0. The smallest absolute Gasteiger partial charge is 0.273 e. The fourth-order valence-corrected chi connectivity index (χ4v) is 5.71. The fourth-order valence-electron chi connectivity index (χ4n) is 5.54. The molecule has 0 saturated heterocycles. The first-order valence-corrected chi connectivity index (χ1v) is 14.8. The van der Waals surface area contributed by atoms with Crippen molar-refractivity contribution in [3.8, 4) is 34.3 Å². The third-order valence-corrected chi connectivity index (χ3v) is 7.93. The van der Waals surface area contributed by atoms with E-state index >= 15 is 0 Å². The van der Waals surface area contributed by atoms with Gasteiger partial charge in [-0.3, -0.25) is 9.89 Å². The number of nitrogens with one attached hydrogen (secondary N) is 1. The first kappa shape index (κ1) is 29.1. The highest BCUT2D eigenvalue weighted by atomic mass is 35.5. The number of aromatic nitrogens is 2. The lowest BCUT2D eigenvalue weighted by atomic mass is 9.95. The Balaban J connectivity index is 1.39. The summed E-state index contributed by atoms with van der Waals surface area (Å²) in [4.78, 5) is 15.8. The number of fused-ring (bicyclic) bond motifs is 1. The number of aromatic amines is 1. The van der Waals surface area contributed by atoms with E-state index in [4.69, 9.17) is 25.8 Å². The van der Waals surface area contributed by atoms with Gasteiger partial charge in [0.2, 0.25) is 0 Å². The lowest BCUT2D eigenvalue weighted by molar-refractivity contribution is 0.0745. The van der Waals surface area contributed by atoms with Crippen LogP contribution in [0.3, 0.4) is 0 Å². The van der Waals surface area contributed by atoms with E-state index in [2.05, 4.69) is 10.2 Å². The van der Waals surface area contributed by atoms with Gasteiger partial charge in [-0.05, 0) is 72.5 Å². The second-order valence-corrected chi connectivity index (χ2v) is 10.9. The van der Waals surface area contributed by atoms with Crippen LogP contribution in [0.2, 0.25) is 5.02 Å². The second kappa shape index (κ2) is 12.7. The molecule has 1 aliphatic heterocycles. The molecule has 1 unspecified atom stereocenters. The van der Waals surface area contributed by atoms with Crippen LogP contribution < -0.4 is 14.2 Å². The molecule has 1 amide bonds. The Kier molecular flexibility index (Phi) is 8.43. The molecule has 0 bridgehead atoms. The number of halogens is 1. The number of carbonyl (C=O) groups is 1. The Labute approximate surface area is 260 Å². The lowest BCUT2D eigenvalue weighted by Gasteiger charge is -2.27. The van der Waals surface area contributed by atoms with Crippen LogP contribution in [-0.4, -0.2) is 46.4 Å². The number of nitrogens with zero attached hydrogens (tertiary/aromatic N) is 2. The summed E-state index contributed by atoms with van der Waals surface area (Å²) in [5.74, 6) is 1.79. The third kappa shape index (κ3) is 5.81. The van der Waals surface area contributed by atoms with Crippen molar-refractivity contribution in [2.75, 3.05) is 20.3 Å². The van der Waals surface area contributed by atoms with E-state index in [0.717, 1.165) is 22.4 Å². The number of rotatable bonds is 11. The van der Waals surface area contributed by atoms with Gasteiger partial charge in [0.1, 0.15) is 29.5 Å². The van der Waals surface area contributed by atoms with Crippen molar-refractivity contribution in [3.05, 3.63) is 124 Å². The average Bonchev–Trinajstić information content (AvgIpc) is 3.59. The highest BCUT2D eigenvalue weighted by Crippen LogP contribution is 2.46. The number of hydrogen-bond acceptors (Lipinski definition) is 6. The van der Waals surface area contributed by atoms with Crippen molar-refractivity contribution in [1.29, 1.82) is 0 Å². The summed E-state index contributed by atoms with van der Waals surface area (Å²) >= 11 is 6.32. The summed E-state index contributed by atoms with van der Waals surface area (Å²) in [6.07, 6.45) is 0.623. The number of carbonyl (C=O) groups excluding carboxylic acids is 1. The van der Waals surface area contributed by atoms with Crippen LogP contribution in [0.5, 0.6) is 23.0 Å². The maximum Gasteiger partial charge on any atom is 0.273 e. The summed E-state index contributed by atoms with van der Waals surface area (Å²) in [7, 11) is 1.63. The molecule has 0 spiro atoms. The van der Waals surface area contributed by atoms with E-state index < -0.39 is 6.04 Å². The monoisotopic (exact) mass is 609 g/mol. The Morgan fingerprint density at radius 1 is 0.932 bits per heavy atom. The first-order chi connectivity index (χ1) is 21.5. The summed E-state index contributed by atoms with van der Waals surface area (Å²) in [6.45, 7) is 3.19. The van der Waals surface area contributed by atoms with E-state index in [1.807, 2.05) is 84.6 Å². The minimum Gasteiger partial charge on any atom is -0.507 e. The zero-order valence-corrected chi connectivity index (χ0v) is 25.2. The minimum atomic E-state index is -0.509. The molecule has 4 aromatic carbocycles. The molecule has 5 aromatic rings. The van der Waals surface area contributed by atoms with Crippen LogP contribution in [0, 0.1) is 0 Å².